The van der Waals surface area contributed by atoms with Crippen LogP contribution in [-0.2, 0) is 19.1 Å². The smallest absolute Gasteiger partial charge is 0.320 e. The second-order valence-corrected chi connectivity index (χ2v) is 9.29. The van der Waals surface area contributed by atoms with Crippen molar-refractivity contribution in [1.82, 2.24) is 0 Å². The molecule has 0 spiro atoms. The van der Waals surface area contributed by atoms with Gasteiger partial charge in [0, 0.05) is 0 Å². The van der Waals surface area contributed by atoms with Crippen molar-refractivity contribution in [3.63, 3.8) is 0 Å². The van der Waals surface area contributed by atoms with E-state index >= 15 is 0 Å². The minimum atomic E-state index is -0.947. The normalized spacial score (nSPS) is 23.9. The Labute approximate surface area is 189 Å². The topological polar surface area (TPSA) is 52.6 Å². The molecule has 4 nitrogen and oxygen atoms in total. The summed E-state index contributed by atoms with van der Waals surface area (Å²) in [5.41, 5.74) is 6.05. The lowest BCUT2D eigenvalue weighted by Crippen LogP contribution is -2.47. The van der Waals surface area contributed by atoms with Crippen LogP contribution in [0.4, 0.5) is 0 Å². The number of rotatable bonds is 4. The Hall–Kier alpha value is -3.14. The third-order valence-corrected chi connectivity index (χ3v) is 6.82. The number of hydrogen-bond donors (Lipinski definition) is 0. The van der Waals surface area contributed by atoms with E-state index in [1.54, 1.807) is 0 Å². The zero-order valence-electron chi connectivity index (χ0n) is 19.7. The Bertz CT molecular complexity index is 1050. The molecule has 0 heterocycles. The number of methoxy groups -OCH3 is 2. The Balaban J connectivity index is 2.04. The van der Waals surface area contributed by atoms with Crippen molar-refractivity contribution in [2.24, 2.45) is 10.8 Å². The number of carbonyl (C=O) groups excluding carboxylic acids is 2. The fraction of sp³-hybridized carbons (Fsp3) is 0.357. The molecule has 0 unspecified atom stereocenters. The van der Waals surface area contributed by atoms with Crippen LogP contribution in [0.3, 0.4) is 0 Å². The number of benzene rings is 2. The Morgan fingerprint density at radius 3 is 1.22 bits per heavy atom. The van der Waals surface area contributed by atoms with Crippen LogP contribution in [0.25, 0.3) is 11.1 Å². The van der Waals surface area contributed by atoms with E-state index in [2.05, 4.69) is 36.4 Å². The van der Waals surface area contributed by atoms with E-state index in [0.717, 1.165) is 44.5 Å². The van der Waals surface area contributed by atoms with Gasteiger partial charge in [-0.05, 0) is 62.8 Å². The van der Waals surface area contributed by atoms with E-state index in [4.69, 9.17) is 9.47 Å². The van der Waals surface area contributed by atoms with E-state index in [0.29, 0.717) is 12.8 Å². The summed E-state index contributed by atoms with van der Waals surface area (Å²) in [5, 5.41) is 0. The molecule has 3 aliphatic carbocycles. The summed E-state index contributed by atoms with van der Waals surface area (Å²) < 4.78 is 10.7. The molecule has 5 rings (SSSR count). The lowest BCUT2D eigenvalue weighted by Gasteiger charge is -2.48. The van der Waals surface area contributed by atoms with Crippen LogP contribution in [-0.4, -0.2) is 26.2 Å². The summed E-state index contributed by atoms with van der Waals surface area (Å²) in [5.74, 6) is -0.606. The molecule has 2 bridgehead atoms. The molecule has 4 heteroatoms. The SMILES string of the molecule is COC(=O)[C@@]12C=C(c3cc(C)cc(C)c3)[C@@](C(=O)OC)(C=C1c1cc(C)cc(C)c1)CC2. The van der Waals surface area contributed by atoms with Gasteiger partial charge in [-0.15, -0.1) is 0 Å². The summed E-state index contributed by atoms with van der Waals surface area (Å²) in [6.45, 7) is 8.15. The lowest BCUT2D eigenvalue weighted by molar-refractivity contribution is -0.152. The van der Waals surface area contributed by atoms with Crippen molar-refractivity contribution in [2.75, 3.05) is 14.2 Å². The molecular weight excluding hydrogens is 400 g/mol. The number of hydrogen-bond acceptors (Lipinski definition) is 4. The number of carbonyl (C=O) groups is 2. The molecule has 3 aliphatic rings. The summed E-state index contributed by atoms with van der Waals surface area (Å²) in [6.07, 6.45) is 4.92. The van der Waals surface area contributed by atoms with Gasteiger partial charge in [0.1, 0.15) is 10.8 Å². The predicted molar refractivity (Wildman–Crippen MR) is 126 cm³/mol. The molecule has 2 atom stereocenters. The summed E-state index contributed by atoms with van der Waals surface area (Å²) in [4.78, 5) is 26.7. The first kappa shape index (κ1) is 22.1. The highest BCUT2D eigenvalue weighted by Gasteiger charge is 2.58. The maximum absolute atomic E-state index is 13.3. The van der Waals surface area contributed by atoms with Gasteiger partial charge >= 0.3 is 11.9 Å². The third kappa shape index (κ3) is 3.29. The van der Waals surface area contributed by atoms with Crippen molar-refractivity contribution in [1.29, 1.82) is 0 Å². The van der Waals surface area contributed by atoms with Crippen LogP contribution in [0, 0.1) is 38.5 Å². The largest absolute Gasteiger partial charge is 0.468 e. The molecule has 0 aromatic heterocycles. The molecule has 2 aromatic rings. The maximum atomic E-state index is 13.3. The molecule has 0 fully saturated rings. The number of aryl methyl sites for hydroxylation is 4. The van der Waals surface area contributed by atoms with Gasteiger partial charge in [-0.2, -0.15) is 0 Å². The number of ether oxygens (including phenoxy) is 2. The minimum Gasteiger partial charge on any atom is -0.468 e. The first-order valence-electron chi connectivity index (χ1n) is 11.0. The average Bonchev–Trinajstić information content (AvgIpc) is 2.76. The van der Waals surface area contributed by atoms with Crippen LogP contribution in [0.2, 0.25) is 0 Å². The van der Waals surface area contributed by atoms with Crippen LogP contribution in [0.1, 0.15) is 46.2 Å². The van der Waals surface area contributed by atoms with E-state index < -0.39 is 10.8 Å². The second kappa shape index (κ2) is 7.77. The highest BCUT2D eigenvalue weighted by Crippen LogP contribution is 2.61. The van der Waals surface area contributed by atoms with Crippen LogP contribution in [0.5, 0.6) is 0 Å². The molecule has 166 valence electrons. The minimum absolute atomic E-state index is 0.303. The highest BCUT2D eigenvalue weighted by atomic mass is 16.5. The highest BCUT2D eigenvalue weighted by molar-refractivity contribution is 6.08. The molecule has 0 saturated carbocycles. The molecule has 0 amide bonds. The zero-order valence-corrected chi connectivity index (χ0v) is 19.7. The van der Waals surface area contributed by atoms with Crippen molar-refractivity contribution in [3.05, 3.63) is 81.9 Å². The monoisotopic (exact) mass is 430 g/mol. The first-order valence-corrected chi connectivity index (χ1v) is 11.0. The van der Waals surface area contributed by atoms with Gasteiger partial charge in [0.05, 0.1) is 14.2 Å². The molecule has 2 aromatic carbocycles. The summed E-state index contributed by atoms with van der Waals surface area (Å²) >= 11 is 0. The van der Waals surface area contributed by atoms with Crippen LogP contribution >= 0.6 is 0 Å². The molecule has 0 aliphatic heterocycles. The number of fused-ring (bicyclic) bond motifs is 1. The molecule has 0 saturated heterocycles. The summed E-state index contributed by atoms with van der Waals surface area (Å²) in [6, 6.07) is 12.5. The molecule has 0 radical (unpaired) electrons. The Morgan fingerprint density at radius 2 is 0.938 bits per heavy atom. The summed E-state index contributed by atoms with van der Waals surface area (Å²) in [7, 11) is 2.86. The Morgan fingerprint density at radius 1 is 0.625 bits per heavy atom. The fourth-order valence-electron chi connectivity index (χ4n) is 5.56. The standard InChI is InChI=1S/C28H30O4/c1-17-9-18(2)12-21(11-17)23-15-28(26(30)32-6)8-7-27(23,25(29)31-5)16-24(28)22-13-19(3)10-20(4)14-22/h9-16H,7-8H2,1-6H3/t27-,28-/m0/s1. The lowest BCUT2D eigenvalue weighted by atomic mass is 9.53. The third-order valence-electron chi connectivity index (χ3n) is 6.82. The van der Waals surface area contributed by atoms with Gasteiger partial charge in [0.25, 0.3) is 0 Å². The van der Waals surface area contributed by atoms with Gasteiger partial charge in [0.15, 0.2) is 0 Å². The predicted octanol–water partition coefficient (Wildman–Crippen LogP) is 5.51. The molecular formula is C28H30O4. The second-order valence-electron chi connectivity index (χ2n) is 9.29. The fourth-order valence-corrected chi connectivity index (χ4v) is 5.56. The van der Waals surface area contributed by atoms with Crippen molar-refractivity contribution >= 4 is 23.1 Å². The van der Waals surface area contributed by atoms with Crippen molar-refractivity contribution < 1.29 is 19.1 Å². The van der Waals surface area contributed by atoms with Gasteiger partial charge in [-0.3, -0.25) is 9.59 Å². The van der Waals surface area contributed by atoms with Crippen molar-refractivity contribution in [3.8, 4) is 0 Å². The quantitative estimate of drug-likeness (QED) is 0.600. The van der Waals surface area contributed by atoms with E-state index in [1.165, 1.54) is 14.2 Å². The first-order chi connectivity index (χ1) is 15.1. The van der Waals surface area contributed by atoms with Gasteiger partial charge in [-0.25, -0.2) is 0 Å². The zero-order chi connectivity index (χ0) is 23.3. The molecule has 0 N–H and O–H groups in total. The van der Waals surface area contributed by atoms with Crippen molar-refractivity contribution in [2.45, 2.75) is 40.5 Å². The number of esters is 2. The van der Waals surface area contributed by atoms with E-state index in [1.807, 2.05) is 39.8 Å². The van der Waals surface area contributed by atoms with Crippen LogP contribution < -0.4 is 0 Å². The Kier molecular flexibility index (Phi) is 5.36. The van der Waals surface area contributed by atoms with E-state index in [9.17, 15) is 9.59 Å². The molecule has 32 heavy (non-hydrogen) atoms. The van der Waals surface area contributed by atoms with Gasteiger partial charge in [0.2, 0.25) is 0 Å². The average molecular weight is 431 g/mol. The van der Waals surface area contributed by atoms with Crippen LogP contribution in [0.15, 0.2) is 48.6 Å². The van der Waals surface area contributed by atoms with Gasteiger partial charge in [-0.1, -0.05) is 70.8 Å². The van der Waals surface area contributed by atoms with Gasteiger partial charge < -0.3 is 9.47 Å². The van der Waals surface area contributed by atoms with E-state index in [-0.39, 0.29) is 11.9 Å². The maximum Gasteiger partial charge on any atom is 0.320 e.